The van der Waals surface area contributed by atoms with E-state index in [0.717, 1.165) is 0 Å². The molecule has 0 rings (SSSR count). The first-order valence-corrected chi connectivity index (χ1v) is 5.69. The first kappa shape index (κ1) is 12.9. The van der Waals surface area contributed by atoms with Crippen molar-refractivity contribution in [2.75, 3.05) is 14.1 Å². The fourth-order valence-corrected chi connectivity index (χ4v) is 1.56. The highest BCUT2D eigenvalue weighted by atomic mass is 15.1. The molecule has 0 aliphatic carbocycles. The second kappa shape index (κ2) is 10.0. The molecule has 0 fully saturated rings. The standard InChI is InChI=1S/C11H26N2/c1-4-5-6-7-8-9-10-11(12-2)13-3/h11-13H,4-10H2,1-3H3. The monoisotopic (exact) mass is 186 g/mol. The lowest BCUT2D eigenvalue weighted by Crippen LogP contribution is -2.37. The Labute approximate surface area is 83.5 Å². The topological polar surface area (TPSA) is 24.1 Å². The van der Waals surface area contributed by atoms with Gasteiger partial charge in [-0.3, -0.25) is 0 Å². The summed E-state index contributed by atoms with van der Waals surface area (Å²) in [4.78, 5) is 0. The highest BCUT2D eigenvalue weighted by Crippen LogP contribution is 2.07. The summed E-state index contributed by atoms with van der Waals surface area (Å²) >= 11 is 0. The average Bonchev–Trinajstić information content (AvgIpc) is 2.17. The van der Waals surface area contributed by atoms with Gasteiger partial charge in [0, 0.05) is 0 Å². The van der Waals surface area contributed by atoms with Crippen LogP contribution in [0.4, 0.5) is 0 Å². The third kappa shape index (κ3) is 8.26. The minimum atomic E-state index is 0.506. The van der Waals surface area contributed by atoms with Crippen molar-refractivity contribution >= 4 is 0 Å². The maximum atomic E-state index is 3.24. The molecule has 2 nitrogen and oxygen atoms in total. The summed E-state index contributed by atoms with van der Waals surface area (Å²) in [6.45, 7) is 2.26. The van der Waals surface area contributed by atoms with Gasteiger partial charge in [0.05, 0.1) is 6.17 Å². The van der Waals surface area contributed by atoms with Crippen LogP contribution < -0.4 is 10.6 Å². The van der Waals surface area contributed by atoms with Crippen LogP contribution in [0, 0.1) is 0 Å². The van der Waals surface area contributed by atoms with Crippen LogP contribution in [0.15, 0.2) is 0 Å². The summed E-state index contributed by atoms with van der Waals surface area (Å²) in [6, 6.07) is 0. The van der Waals surface area contributed by atoms with Crippen LogP contribution >= 0.6 is 0 Å². The van der Waals surface area contributed by atoms with Gasteiger partial charge < -0.3 is 10.6 Å². The van der Waals surface area contributed by atoms with Crippen LogP contribution in [0.1, 0.15) is 51.9 Å². The number of hydrogen-bond acceptors (Lipinski definition) is 2. The van der Waals surface area contributed by atoms with E-state index in [1.54, 1.807) is 0 Å². The molecule has 0 aromatic rings. The van der Waals surface area contributed by atoms with E-state index in [4.69, 9.17) is 0 Å². The predicted molar refractivity (Wildman–Crippen MR) is 59.9 cm³/mol. The van der Waals surface area contributed by atoms with Crippen LogP contribution in [0.2, 0.25) is 0 Å². The molecule has 0 radical (unpaired) electrons. The Morgan fingerprint density at radius 3 is 1.92 bits per heavy atom. The minimum Gasteiger partial charge on any atom is -0.305 e. The molecule has 13 heavy (non-hydrogen) atoms. The molecule has 80 valence electrons. The van der Waals surface area contributed by atoms with Gasteiger partial charge in [-0.05, 0) is 20.5 Å². The maximum absolute atomic E-state index is 3.24. The summed E-state index contributed by atoms with van der Waals surface area (Å²) in [5.41, 5.74) is 0. The molecule has 0 saturated heterocycles. The Balaban J connectivity index is 3.05. The number of unbranched alkanes of at least 4 members (excludes halogenated alkanes) is 5. The highest BCUT2D eigenvalue weighted by Gasteiger charge is 2.00. The number of nitrogens with one attached hydrogen (secondary N) is 2. The molecule has 0 heterocycles. The Morgan fingerprint density at radius 1 is 0.846 bits per heavy atom. The maximum Gasteiger partial charge on any atom is 0.0566 e. The number of rotatable bonds is 9. The van der Waals surface area contributed by atoms with Gasteiger partial charge in [0.25, 0.3) is 0 Å². The lowest BCUT2D eigenvalue weighted by Gasteiger charge is -2.14. The van der Waals surface area contributed by atoms with Crippen molar-refractivity contribution in [1.82, 2.24) is 10.6 Å². The Morgan fingerprint density at radius 2 is 1.38 bits per heavy atom. The molecule has 0 aliphatic heterocycles. The Kier molecular flexibility index (Phi) is 9.94. The van der Waals surface area contributed by atoms with Gasteiger partial charge in [0.1, 0.15) is 0 Å². The molecule has 2 N–H and O–H groups in total. The summed E-state index contributed by atoms with van der Waals surface area (Å²) in [5.74, 6) is 0. The highest BCUT2D eigenvalue weighted by molar-refractivity contribution is 4.58. The third-order valence-corrected chi connectivity index (χ3v) is 2.54. The van der Waals surface area contributed by atoms with E-state index in [0.29, 0.717) is 6.17 Å². The molecule has 0 saturated carbocycles. The van der Waals surface area contributed by atoms with Crippen LogP contribution in [0.25, 0.3) is 0 Å². The number of hydrogen-bond donors (Lipinski definition) is 2. The molecule has 0 aliphatic rings. The lowest BCUT2D eigenvalue weighted by atomic mass is 10.1. The molecule has 0 spiro atoms. The van der Waals surface area contributed by atoms with Gasteiger partial charge in [0.2, 0.25) is 0 Å². The van der Waals surface area contributed by atoms with Crippen LogP contribution in [0.5, 0.6) is 0 Å². The zero-order valence-electron chi connectivity index (χ0n) is 9.53. The summed E-state index contributed by atoms with van der Waals surface area (Å²) in [6.07, 6.45) is 10.1. The molecule has 2 heteroatoms. The van der Waals surface area contributed by atoms with E-state index in [1.807, 2.05) is 14.1 Å². The van der Waals surface area contributed by atoms with Gasteiger partial charge in [-0.15, -0.1) is 0 Å². The van der Waals surface area contributed by atoms with Gasteiger partial charge in [-0.25, -0.2) is 0 Å². The molecule has 0 aromatic heterocycles. The molecular weight excluding hydrogens is 160 g/mol. The normalized spacial score (nSPS) is 11.1. The Bertz CT molecular complexity index is 90.1. The SMILES string of the molecule is CCCCCCCCC(NC)NC. The van der Waals surface area contributed by atoms with Crippen molar-refractivity contribution in [1.29, 1.82) is 0 Å². The second-order valence-corrected chi connectivity index (χ2v) is 3.69. The fourth-order valence-electron chi connectivity index (χ4n) is 1.56. The van der Waals surface area contributed by atoms with E-state index >= 15 is 0 Å². The lowest BCUT2D eigenvalue weighted by molar-refractivity contribution is 0.436. The molecule has 0 amide bonds. The molecule has 0 atom stereocenters. The van der Waals surface area contributed by atoms with Crippen molar-refractivity contribution in [2.45, 2.75) is 58.0 Å². The smallest absolute Gasteiger partial charge is 0.0566 e. The largest absolute Gasteiger partial charge is 0.305 e. The van der Waals surface area contributed by atoms with Gasteiger partial charge >= 0.3 is 0 Å². The van der Waals surface area contributed by atoms with E-state index in [2.05, 4.69) is 17.6 Å². The van der Waals surface area contributed by atoms with E-state index in [9.17, 15) is 0 Å². The Hall–Kier alpha value is -0.0800. The summed E-state index contributed by atoms with van der Waals surface area (Å²) in [7, 11) is 4.02. The summed E-state index contributed by atoms with van der Waals surface area (Å²) in [5, 5.41) is 6.49. The van der Waals surface area contributed by atoms with Crippen molar-refractivity contribution in [3.05, 3.63) is 0 Å². The van der Waals surface area contributed by atoms with Crippen LogP contribution in [0.3, 0.4) is 0 Å². The van der Waals surface area contributed by atoms with Crippen molar-refractivity contribution in [3.63, 3.8) is 0 Å². The van der Waals surface area contributed by atoms with Crippen molar-refractivity contribution in [3.8, 4) is 0 Å². The van der Waals surface area contributed by atoms with E-state index in [1.165, 1.54) is 44.9 Å². The molecule has 0 aromatic carbocycles. The van der Waals surface area contributed by atoms with Gasteiger partial charge in [-0.1, -0.05) is 45.4 Å². The van der Waals surface area contributed by atoms with Crippen molar-refractivity contribution in [2.24, 2.45) is 0 Å². The molecule has 0 unspecified atom stereocenters. The molecule has 0 bridgehead atoms. The average molecular weight is 186 g/mol. The van der Waals surface area contributed by atoms with E-state index < -0.39 is 0 Å². The quantitative estimate of drug-likeness (QED) is 0.427. The minimum absolute atomic E-state index is 0.506. The van der Waals surface area contributed by atoms with Crippen molar-refractivity contribution < 1.29 is 0 Å². The molecular formula is C11H26N2. The first-order chi connectivity index (χ1) is 6.35. The predicted octanol–water partition coefficient (Wildman–Crippen LogP) is 2.50. The van der Waals surface area contributed by atoms with Gasteiger partial charge in [0.15, 0.2) is 0 Å². The fraction of sp³-hybridized carbons (Fsp3) is 1.00. The first-order valence-electron chi connectivity index (χ1n) is 5.69. The summed E-state index contributed by atoms with van der Waals surface area (Å²) < 4.78 is 0. The van der Waals surface area contributed by atoms with E-state index in [-0.39, 0.29) is 0 Å². The third-order valence-electron chi connectivity index (χ3n) is 2.54. The van der Waals surface area contributed by atoms with Crippen LogP contribution in [-0.4, -0.2) is 20.3 Å². The zero-order chi connectivity index (χ0) is 9.94. The zero-order valence-corrected chi connectivity index (χ0v) is 9.53. The second-order valence-electron chi connectivity index (χ2n) is 3.69. The van der Waals surface area contributed by atoms with Crippen LogP contribution in [-0.2, 0) is 0 Å². The van der Waals surface area contributed by atoms with Gasteiger partial charge in [-0.2, -0.15) is 0 Å².